The van der Waals surface area contributed by atoms with Crippen LogP contribution in [0.4, 0.5) is 4.39 Å². The number of benzene rings is 2. The van der Waals surface area contributed by atoms with E-state index in [1.165, 1.54) is 19.2 Å². The van der Waals surface area contributed by atoms with E-state index in [1.54, 1.807) is 12.1 Å². The highest BCUT2D eigenvalue weighted by molar-refractivity contribution is 7.64. The molecule has 0 amide bonds. The van der Waals surface area contributed by atoms with Crippen molar-refractivity contribution in [2.75, 3.05) is 13.3 Å². The summed E-state index contributed by atoms with van der Waals surface area (Å²) in [5.41, 5.74) is 6.76. The molecule has 0 bridgehead atoms. The first-order valence-corrected chi connectivity index (χ1v) is 12.9. The molecule has 2 atom stereocenters. The second kappa shape index (κ2) is 11.4. The topological polar surface area (TPSA) is 96.7 Å². The normalized spacial score (nSPS) is 13.5. The van der Waals surface area contributed by atoms with E-state index in [9.17, 15) is 18.9 Å². The summed E-state index contributed by atoms with van der Waals surface area (Å²) in [6.07, 6.45) is -2.35. The molecule has 1 unspecified atom stereocenters. The molecule has 35 heavy (non-hydrogen) atoms. The summed E-state index contributed by atoms with van der Waals surface area (Å²) < 4.78 is 32.0. The first-order chi connectivity index (χ1) is 16.6. The Balaban J connectivity index is 2.20. The number of carboxylic acids is 1. The van der Waals surface area contributed by atoms with E-state index in [0.29, 0.717) is 22.5 Å². The van der Waals surface area contributed by atoms with E-state index in [0.717, 1.165) is 11.1 Å². The number of aromatic nitrogens is 1. The highest BCUT2D eigenvalue weighted by atomic mass is 31.2. The lowest BCUT2D eigenvalue weighted by Gasteiger charge is -2.17. The molecule has 0 radical (unpaired) electrons. The third-order valence-electron chi connectivity index (χ3n) is 5.37. The number of halogens is 1. The summed E-state index contributed by atoms with van der Waals surface area (Å²) >= 11 is 0. The molecule has 0 aliphatic carbocycles. The van der Waals surface area contributed by atoms with Gasteiger partial charge in [0.15, 0.2) is 0 Å². The first kappa shape index (κ1) is 26.3. The molecule has 6 nitrogen and oxygen atoms in total. The van der Waals surface area contributed by atoms with Gasteiger partial charge < -0.3 is 14.7 Å². The van der Waals surface area contributed by atoms with Gasteiger partial charge in [0, 0.05) is 18.2 Å². The summed E-state index contributed by atoms with van der Waals surface area (Å²) in [6, 6.07) is 17.4. The van der Waals surface area contributed by atoms with Crippen LogP contribution < -0.4 is 0 Å². The van der Waals surface area contributed by atoms with Crippen molar-refractivity contribution in [1.82, 2.24) is 4.98 Å². The lowest BCUT2D eigenvalue weighted by molar-refractivity contribution is -0.138. The van der Waals surface area contributed by atoms with Crippen molar-refractivity contribution in [2.24, 2.45) is 0 Å². The van der Waals surface area contributed by atoms with Gasteiger partial charge in [-0.1, -0.05) is 50.1 Å². The van der Waals surface area contributed by atoms with E-state index >= 15 is 0 Å². The van der Waals surface area contributed by atoms with Crippen molar-refractivity contribution in [3.8, 4) is 34.1 Å². The van der Waals surface area contributed by atoms with Crippen LogP contribution in [0.15, 0.2) is 60.7 Å². The Kier molecular flexibility index (Phi) is 8.58. The van der Waals surface area contributed by atoms with Crippen LogP contribution in [-0.2, 0) is 13.9 Å². The fourth-order valence-corrected chi connectivity index (χ4v) is 4.87. The Hall–Kier alpha value is -3.30. The van der Waals surface area contributed by atoms with Gasteiger partial charge in [0.25, 0.3) is 7.37 Å². The quantitative estimate of drug-likeness (QED) is 0.305. The average molecular weight is 495 g/mol. The minimum atomic E-state index is -3.68. The number of nitrogens with zero attached hydrogens (tertiary/aromatic N) is 1. The van der Waals surface area contributed by atoms with Gasteiger partial charge >= 0.3 is 5.97 Å². The number of carboxylic acid groups (broad SMARTS) is 1. The number of rotatable bonds is 8. The molecule has 8 heteroatoms. The van der Waals surface area contributed by atoms with Crippen LogP contribution in [0, 0.1) is 17.4 Å². The van der Waals surface area contributed by atoms with E-state index in [2.05, 4.69) is 11.6 Å². The molecule has 0 saturated heterocycles. The summed E-state index contributed by atoms with van der Waals surface area (Å²) in [5, 5.41) is 18.9. The van der Waals surface area contributed by atoms with Crippen LogP contribution in [0.2, 0.25) is 0 Å². The molecule has 1 aromatic heterocycles. The van der Waals surface area contributed by atoms with Crippen molar-refractivity contribution in [3.63, 3.8) is 0 Å². The van der Waals surface area contributed by atoms with Gasteiger partial charge in [-0.05, 0) is 47.5 Å². The summed E-state index contributed by atoms with van der Waals surface area (Å²) in [7, 11) is -2.47. The molecule has 0 aliphatic rings. The van der Waals surface area contributed by atoms with Crippen molar-refractivity contribution in [2.45, 2.75) is 32.3 Å². The zero-order valence-corrected chi connectivity index (χ0v) is 20.6. The molecule has 0 spiro atoms. The van der Waals surface area contributed by atoms with Gasteiger partial charge in [-0.25, -0.2) is 9.37 Å². The lowest BCUT2D eigenvalue weighted by Crippen LogP contribution is -2.17. The van der Waals surface area contributed by atoms with Crippen molar-refractivity contribution in [1.29, 1.82) is 0 Å². The molecule has 0 saturated carbocycles. The molecule has 2 N–H and O–H groups in total. The third kappa shape index (κ3) is 6.86. The molecule has 2 aromatic carbocycles. The Morgan fingerprint density at radius 2 is 1.77 bits per heavy atom. The Bertz CT molecular complexity index is 1300. The largest absolute Gasteiger partial charge is 0.481 e. The first-order valence-electron chi connectivity index (χ1n) is 11.1. The van der Waals surface area contributed by atoms with E-state index in [-0.39, 0.29) is 11.7 Å². The van der Waals surface area contributed by atoms with Crippen LogP contribution in [-0.4, -0.2) is 40.5 Å². The van der Waals surface area contributed by atoms with E-state index in [1.807, 2.05) is 50.2 Å². The number of aliphatic hydroxyl groups excluding tert-OH is 1. The smallest absolute Gasteiger partial charge is 0.305 e. The van der Waals surface area contributed by atoms with Crippen molar-refractivity contribution >= 4 is 13.3 Å². The fraction of sp³-hybridized carbons (Fsp3) is 0.259. The molecule has 182 valence electrons. The fourth-order valence-electron chi connectivity index (χ4n) is 3.58. The SMILES string of the molecule is COP(=O)(C#Cc1c(C(C)C)cc(-c2ccccc2)nc1-c1ccc(F)cc1)C[C@@H](O)CC(=O)O. The highest BCUT2D eigenvalue weighted by Gasteiger charge is 2.26. The van der Waals surface area contributed by atoms with Crippen molar-refractivity contribution < 1.29 is 28.5 Å². The Morgan fingerprint density at radius 1 is 1.11 bits per heavy atom. The van der Waals surface area contributed by atoms with Crippen LogP contribution >= 0.6 is 7.37 Å². The Morgan fingerprint density at radius 3 is 2.34 bits per heavy atom. The number of pyridine rings is 1. The maximum Gasteiger partial charge on any atom is 0.305 e. The van der Waals surface area contributed by atoms with Gasteiger partial charge in [0.1, 0.15) is 5.82 Å². The van der Waals surface area contributed by atoms with Gasteiger partial charge in [-0.3, -0.25) is 9.36 Å². The van der Waals surface area contributed by atoms with Crippen LogP contribution in [0.5, 0.6) is 0 Å². The van der Waals surface area contributed by atoms with Gasteiger partial charge in [0.05, 0.1) is 35.6 Å². The Labute approximate surface area is 204 Å². The molecule has 1 heterocycles. The number of aliphatic hydroxyl groups is 1. The highest BCUT2D eigenvalue weighted by Crippen LogP contribution is 2.46. The van der Waals surface area contributed by atoms with Crippen molar-refractivity contribution in [3.05, 3.63) is 77.6 Å². The molecule has 3 aromatic rings. The zero-order chi connectivity index (χ0) is 25.6. The zero-order valence-electron chi connectivity index (χ0n) is 19.7. The van der Waals surface area contributed by atoms with Crippen LogP contribution in [0.25, 0.3) is 22.5 Å². The monoisotopic (exact) mass is 495 g/mol. The predicted octanol–water partition coefficient (Wildman–Crippen LogP) is 5.75. The second-order valence-electron chi connectivity index (χ2n) is 8.38. The van der Waals surface area contributed by atoms with Gasteiger partial charge in [-0.15, -0.1) is 0 Å². The maximum atomic E-state index is 13.6. The van der Waals surface area contributed by atoms with Gasteiger partial charge in [0.2, 0.25) is 0 Å². The average Bonchev–Trinajstić information content (AvgIpc) is 2.82. The number of hydrogen-bond acceptors (Lipinski definition) is 5. The lowest BCUT2D eigenvalue weighted by atomic mass is 9.92. The molecular formula is C27H27FNO5P. The maximum absolute atomic E-state index is 13.6. The number of hydrogen-bond donors (Lipinski definition) is 2. The minimum Gasteiger partial charge on any atom is -0.481 e. The summed E-state index contributed by atoms with van der Waals surface area (Å²) in [4.78, 5) is 15.7. The number of aliphatic carboxylic acids is 1. The summed E-state index contributed by atoms with van der Waals surface area (Å²) in [5.74, 6) is 1.37. The number of carbonyl (C=O) groups is 1. The molecule has 0 fully saturated rings. The predicted molar refractivity (Wildman–Crippen MR) is 134 cm³/mol. The second-order valence-corrected chi connectivity index (χ2v) is 10.7. The standard InChI is InChI=1S/C27H27FNO5P/c1-18(2)24-16-25(19-7-5-4-6-8-19)29-27(20-9-11-21(28)12-10-20)23(24)13-14-35(33,34-3)17-22(30)15-26(31)32/h4-12,16,18,22,30H,15,17H2,1-3H3,(H,31,32)/t22-,35?/m0/s1. The third-order valence-corrected chi connectivity index (χ3v) is 7.31. The minimum absolute atomic E-state index is 0.0171. The van der Waals surface area contributed by atoms with Crippen LogP contribution in [0.1, 0.15) is 37.3 Å². The van der Waals surface area contributed by atoms with Gasteiger partial charge in [-0.2, -0.15) is 0 Å². The molecule has 0 aliphatic heterocycles. The summed E-state index contributed by atoms with van der Waals surface area (Å²) in [6.45, 7) is 3.99. The van der Waals surface area contributed by atoms with E-state index < -0.39 is 32.0 Å². The molecular weight excluding hydrogens is 468 g/mol. The molecule has 3 rings (SSSR count). The van der Waals surface area contributed by atoms with Crippen LogP contribution in [0.3, 0.4) is 0 Å². The van der Waals surface area contributed by atoms with E-state index in [4.69, 9.17) is 14.6 Å².